The van der Waals surface area contributed by atoms with Crippen molar-refractivity contribution in [2.45, 2.75) is 17.9 Å². The number of carbonyl (C=O) groups excluding carboxylic acids is 2. The predicted octanol–water partition coefficient (Wildman–Crippen LogP) is 2.19. The smallest absolute Gasteiger partial charge is 0.331 e. The lowest BCUT2D eigenvalue weighted by Gasteiger charge is -2.09. The fourth-order valence-electron chi connectivity index (χ4n) is 2.45. The Balaban J connectivity index is 1.67. The lowest BCUT2D eigenvalue weighted by Crippen LogP contribution is -2.27. The average molecular weight is 407 g/mol. The number of amidine groups is 1. The number of nitrogens with zero attached hydrogens (tertiary/aromatic N) is 1. The Bertz CT molecular complexity index is 1030. The molecule has 3 rings (SSSR count). The molecule has 9 heteroatoms. The molecule has 0 bridgehead atoms. The number of hydrogen-bond donors (Lipinski definition) is 1. The number of hydrogen-bond acceptors (Lipinski definition) is 6. The standard InChI is InChI=1S/C18H15ClN2O5S/c1-11(18(23)26-10-15(22)12-6-8-13(19)9-7-12)20-17-14-4-2-3-5-16(14)27(24,25)21-17/h2-9,11H,10H2,1H3,(H,20,21)/t11-/m0/s1. The van der Waals surface area contributed by atoms with Gasteiger partial charge >= 0.3 is 5.97 Å². The van der Waals surface area contributed by atoms with E-state index in [1.165, 1.54) is 25.1 Å². The molecule has 0 fully saturated rings. The van der Waals surface area contributed by atoms with Crippen LogP contribution in [-0.4, -0.2) is 38.7 Å². The van der Waals surface area contributed by atoms with Crippen LogP contribution in [0, 0.1) is 0 Å². The summed E-state index contributed by atoms with van der Waals surface area (Å²) in [4.78, 5) is 28.3. The van der Waals surface area contributed by atoms with E-state index in [1.807, 2.05) is 0 Å². The number of aliphatic imine (C=N–C) groups is 1. The Hall–Kier alpha value is -2.71. The van der Waals surface area contributed by atoms with Crippen molar-refractivity contribution >= 4 is 39.2 Å². The third-order valence-corrected chi connectivity index (χ3v) is 5.49. The van der Waals surface area contributed by atoms with Crippen LogP contribution in [0.3, 0.4) is 0 Å². The van der Waals surface area contributed by atoms with Gasteiger partial charge in [-0.05, 0) is 43.3 Å². The summed E-state index contributed by atoms with van der Waals surface area (Å²) in [5, 5.41) is 0.493. The Kier molecular flexibility index (Phi) is 5.29. The number of carbonyl (C=O) groups is 2. The van der Waals surface area contributed by atoms with E-state index in [2.05, 4.69) is 9.71 Å². The van der Waals surface area contributed by atoms with Crippen molar-refractivity contribution in [2.24, 2.45) is 4.99 Å². The Morgan fingerprint density at radius 1 is 1.15 bits per heavy atom. The van der Waals surface area contributed by atoms with E-state index in [0.29, 0.717) is 16.1 Å². The van der Waals surface area contributed by atoms with Crippen LogP contribution in [0.1, 0.15) is 22.8 Å². The van der Waals surface area contributed by atoms with E-state index >= 15 is 0 Å². The second-order valence-corrected chi connectivity index (χ2v) is 7.88. The van der Waals surface area contributed by atoms with E-state index in [-0.39, 0.29) is 16.5 Å². The van der Waals surface area contributed by atoms with Gasteiger partial charge in [-0.3, -0.25) is 14.5 Å². The summed E-state index contributed by atoms with van der Waals surface area (Å²) < 4.78 is 31.4. The number of ether oxygens (including phenoxy) is 1. The topological polar surface area (TPSA) is 102 Å². The van der Waals surface area contributed by atoms with Gasteiger partial charge in [0.25, 0.3) is 10.0 Å². The van der Waals surface area contributed by atoms with Crippen LogP contribution in [-0.2, 0) is 19.6 Å². The highest BCUT2D eigenvalue weighted by Gasteiger charge is 2.31. The highest BCUT2D eigenvalue weighted by atomic mass is 35.5. The predicted molar refractivity (Wildman–Crippen MR) is 99.5 cm³/mol. The number of esters is 1. The van der Waals surface area contributed by atoms with E-state index < -0.39 is 28.6 Å². The molecule has 1 aliphatic heterocycles. The zero-order chi connectivity index (χ0) is 19.6. The molecule has 2 aromatic rings. The van der Waals surface area contributed by atoms with Gasteiger partial charge in [0.2, 0.25) is 0 Å². The largest absolute Gasteiger partial charge is 0.456 e. The normalized spacial score (nSPS) is 17.0. The molecule has 0 spiro atoms. The molecule has 1 aliphatic rings. The SMILES string of the molecule is C[C@H](N=C1NS(=O)(=O)c2ccccc21)C(=O)OCC(=O)c1ccc(Cl)cc1. The van der Waals surface area contributed by atoms with Crippen molar-refractivity contribution in [3.8, 4) is 0 Å². The molecule has 0 aliphatic carbocycles. The van der Waals surface area contributed by atoms with Gasteiger partial charge < -0.3 is 4.74 Å². The third kappa shape index (κ3) is 4.17. The van der Waals surface area contributed by atoms with Gasteiger partial charge in [-0.25, -0.2) is 13.2 Å². The molecule has 0 amide bonds. The molecule has 0 saturated heterocycles. The van der Waals surface area contributed by atoms with Gasteiger partial charge in [-0.2, -0.15) is 0 Å². The van der Waals surface area contributed by atoms with Crippen LogP contribution in [0.15, 0.2) is 58.4 Å². The molecule has 0 unspecified atom stereocenters. The second-order valence-electron chi connectivity index (χ2n) is 5.79. The molecule has 0 radical (unpaired) electrons. The van der Waals surface area contributed by atoms with Gasteiger partial charge in [-0.1, -0.05) is 23.7 Å². The summed E-state index contributed by atoms with van der Waals surface area (Å²) in [6, 6.07) is 11.5. The Morgan fingerprint density at radius 3 is 2.52 bits per heavy atom. The zero-order valence-corrected chi connectivity index (χ0v) is 15.8. The number of fused-ring (bicyclic) bond motifs is 1. The molecule has 0 aromatic heterocycles. The summed E-state index contributed by atoms with van der Waals surface area (Å²) in [5.41, 5.74) is 0.748. The monoisotopic (exact) mass is 406 g/mol. The summed E-state index contributed by atoms with van der Waals surface area (Å²) in [5.74, 6) is -1.06. The van der Waals surface area contributed by atoms with Crippen molar-refractivity contribution in [1.82, 2.24) is 4.72 Å². The van der Waals surface area contributed by atoms with Gasteiger partial charge in [0.1, 0.15) is 11.9 Å². The van der Waals surface area contributed by atoms with E-state index in [0.717, 1.165) is 0 Å². The lowest BCUT2D eigenvalue weighted by molar-refractivity contribution is -0.143. The fraction of sp³-hybridized carbons (Fsp3) is 0.167. The minimum atomic E-state index is -3.69. The lowest BCUT2D eigenvalue weighted by atomic mass is 10.1. The van der Waals surface area contributed by atoms with Crippen LogP contribution >= 0.6 is 11.6 Å². The maximum Gasteiger partial charge on any atom is 0.331 e. The van der Waals surface area contributed by atoms with Crippen molar-refractivity contribution in [3.05, 3.63) is 64.7 Å². The van der Waals surface area contributed by atoms with Crippen LogP contribution in [0.5, 0.6) is 0 Å². The molecule has 140 valence electrons. The summed E-state index contributed by atoms with van der Waals surface area (Å²) in [6.45, 7) is 1.01. The molecule has 1 atom stereocenters. The van der Waals surface area contributed by atoms with E-state index in [9.17, 15) is 18.0 Å². The van der Waals surface area contributed by atoms with Crippen LogP contribution in [0.2, 0.25) is 5.02 Å². The van der Waals surface area contributed by atoms with Gasteiger partial charge in [-0.15, -0.1) is 0 Å². The molecule has 2 aromatic carbocycles. The number of sulfonamides is 1. The Labute approximate surface area is 161 Å². The third-order valence-electron chi connectivity index (χ3n) is 3.84. The van der Waals surface area contributed by atoms with Crippen molar-refractivity contribution in [2.75, 3.05) is 6.61 Å². The summed E-state index contributed by atoms with van der Waals surface area (Å²) in [6.07, 6.45) is 0. The van der Waals surface area contributed by atoms with Gasteiger partial charge in [0.05, 0.1) is 4.90 Å². The maximum absolute atomic E-state index is 12.1. The average Bonchev–Trinajstić information content (AvgIpc) is 2.90. The maximum atomic E-state index is 12.1. The first-order valence-corrected chi connectivity index (χ1v) is 9.79. The minimum absolute atomic E-state index is 0.0686. The number of benzene rings is 2. The fourth-order valence-corrected chi connectivity index (χ4v) is 3.82. The van der Waals surface area contributed by atoms with E-state index in [4.69, 9.17) is 16.3 Å². The van der Waals surface area contributed by atoms with Gasteiger partial charge in [0, 0.05) is 16.1 Å². The highest BCUT2D eigenvalue weighted by Crippen LogP contribution is 2.22. The number of ketones is 1. The number of rotatable bonds is 5. The molecular formula is C18H15ClN2O5S. The first-order valence-electron chi connectivity index (χ1n) is 7.93. The molecular weight excluding hydrogens is 392 g/mol. The first kappa shape index (κ1) is 19.1. The zero-order valence-electron chi connectivity index (χ0n) is 14.2. The van der Waals surface area contributed by atoms with Gasteiger partial charge in [0.15, 0.2) is 12.4 Å². The quantitative estimate of drug-likeness (QED) is 0.605. The summed E-state index contributed by atoms with van der Waals surface area (Å²) >= 11 is 5.76. The molecule has 7 nitrogen and oxygen atoms in total. The number of nitrogens with one attached hydrogen (secondary N) is 1. The van der Waals surface area contributed by atoms with Crippen LogP contribution < -0.4 is 4.72 Å². The number of halogens is 1. The molecule has 27 heavy (non-hydrogen) atoms. The second kappa shape index (κ2) is 7.50. The molecule has 1 N–H and O–H groups in total. The summed E-state index contributed by atoms with van der Waals surface area (Å²) in [7, 11) is -3.69. The van der Waals surface area contributed by atoms with Crippen LogP contribution in [0.4, 0.5) is 0 Å². The number of Topliss-reactive ketones (excluding diaryl/α,β-unsaturated/α-hetero) is 1. The van der Waals surface area contributed by atoms with E-state index in [1.54, 1.807) is 30.3 Å². The van der Waals surface area contributed by atoms with Crippen LogP contribution in [0.25, 0.3) is 0 Å². The Morgan fingerprint density at radius 2 is 1.81 bits per heavy atom. The van der Waals surface area contributed by atoms with Crippen molar-refractivity contribution < 1.29 is 22.7 Å². The van der Waals surface area contributed by atoms with Crippen molar-refractivity contribution in [3.63, 3.8) is 0 Å². The highest BCUT2D eigenvalue weighted by molar-refractivity contribution is 7.90. The molecule has 1 heterocycles. The van der Waals surface area contributed by atoms with Crippen molar-refractivity contribution in [1.29, 1.82) is 0 Å². The molecule has 0 saturated carbocycles. The minimum Gasteiger partial charge on any atom is -0.456 e. The first-order chi connectivity index (χ1) is 12.8.